The number of ether oxygens (including phenoxy) is 1. The van der Waals surface area contributed by atoms with Gasteiger partial charge in [-0.05, 0) is 19.8 Å². The summed E-state index contributed by atoms with van der Waals surface area (Å²) in [5.41, 5.74) is 0. The molecule has 0 aliphatic carbocycles. The molecule has 0 bridgehead atoms. The van der Waals surface area contributed by atoms with Gasteiger partial charge in [0.05, 0.1) is 6.61 Å². The number of methoxy groups -OCH3 is 1. The Kier molecular flexibility index (Phi) is 12.3. The molecular weight excluding hydrogens is 210 g/mol. The van der Waals surface area contributed by atoms with Crippen molar-refractivity contribution in [1.29, 1.82) is 0 Å². The fraction of sp³-hybridized carbons (Fsp3) is 1.00. The van der Waals surface area contributed by atoms with E-state index < -0.39 is 0 Å². The summed E-state index contributed by atoms with van der Waals surface area (Å²) in [6.45, 7) is 7.58. The molecule has 0 aromatic heterocycles. The van der Waals surface area contributed by atoms with E-state index in [1.807, 2.05) is 0 Å². The number of nitrogens with one attached hydrogen (secondary N) is 1. The number of hydrogen-bond acceptors (Lipinski definition) is 2. The maximum atomic E-state index is 5.19. The van der Waals surface area contributed by atoms with E-state index in [-0.39, 0.29) is 0 Å². The first-order chi connectivity index (χ1) is 8.24. The maximum absolute atomic E-state index is 5.19. The molecule has 0 aliphatic heterocycles. The summed E-state index contributed by atoms with van der Waals surface area (Å²) in [5, 5.41) is 3.71. The molecular formula is C15H33NO. The van der Waals surface area contributed by atoms with Crippen molar-refractivity contribution in [3.63, 3.8) is 0 Å². The molecule has 0 spiro atoms. The monoisotopic (exact) mass is 243 g/mol. The molecule has 0 rings (SSSR count). The Labute approximate surface area is 109 Å². The number of unbranched alkanes of at least 4 members (excludes halogenated alkanes) is 4. The third-order valence-electron chi connectivity index (χ3n) is 3.25. The van der Waals surface area contributed by atoms with Crippen LogP contribution in [0.15, 0.2) is 0 Å². The summed E-state index contributed by atoms with van der Waals surface area (Å²) in [6, 6.07) is 1.17. The zero-order valence-electron chi connectivity index (χ0n) is 12.4. The van der Waals surface area contributed by atoms with Gasteiger partial charge >= 0.3 is 0 Å². The summed E-state index contributed by atoms with van der Waals surface area (Å²) in [4.78, 5) is 0. The lowest BCUT2D eigenvalue weighted by Gasteiger charge is -2.23. The van der Waals surface area contributed by atoms with Crippen molar-refractivity contribution in [3.8, 4) is 0 Å². The van der Waals surface area contributed by atoms with E-state index in [0.717, 1.165) is 6.61 Å². The lowest BCUT2D eigenvalue weighted by Crippen LogP contribution is -2.39. The third-order valence-corrected chi connectivity index (χ3v) is 3.25. The predicted molar refractivity (Wildman–Crippen MR) is 76.5 cm³/mol. The molecule has 2 nitrogen and oxygen atoms in total. The van der Waals surface area contributed by atoms with Crippen molar-refractivity contribution in [2.75, 3.05) is 13.7 Å². The van der Waals surface area contributed by atoms with Crippen molar-refractivity contribution in [2.24, 2.45) is 0 Å². The van der Waals surface area contributed by atoms with E-state index in [1.54, 1.807) is 7.11 Å². The summed E-state index contributed by atoms with van der Waals surface area (Å²) in [6.07, 6.45) is 10.7. The Hall–Kier alpha value is -0.0800. The summed E-state index contributed by atoms with van der Waals surface area (Å²) < 4.78 is 5.19. The lowest BCUT2D eigenvalue weighted by atomic mass is 10.0. The molecule has 0 amide bonds. The fourth-order valence-electron chi connectivity index (χ4n) is 2.29. The smallest absolute Gasteiger partial charge is 0.0613 e. The Morgan fingerprint density at radius 2 is 1.47 bits per heavy atom. The highest BCUT2D eigenvalue weighted by molar-refractivity contribution is 4.71. The van der Waals surface area contributed by atoms with Gasteiger partial charge in [0.25, 0.3) is 0 Å². The Morgan fingerprint density at radius 3 is 1.88 bits per heavy atom. The van der Waals surface area contributed by atoms with Crippen molar-refractivity contribution >= 4 is 0 Å². The lowest BCUT2D eigenvalue weighted by molar-refractivity contribution is 0.164. The van der Waals surface area contributed by atoms with E-state index in [9.17, 15) is 0 Å². The van der Waals surface area contributed by atoms with Gasteiger partial charge in [0.2, 0.25) is 0 Å². The molecule has 0 saturated carbocycles. The minimum Gasteiger partial charge on any atom is -0.383 e. The molecule has 0 saturated heterocycles. The first kappa shape index (κ1) is 16.9. The van der Waals surface area contributed by atoms with Gasteiger partial charge in [0.1, 0.15) is 0 Å². The van der Waals surface area contributed by atoms with Gasteiger partial charge in [-0.25, -0.2) is 0 Å². The molecule has 0 radical (unpaired) electrons. The van der Waals surface area contributed by atoms with Crippen LogP contribution in [-0.2, 0) is 4.74 Å². The zero-order valence-corrected chi connectivity index (χ0v) is 12.4. The second-order valence-corrected chi connectivity index (χ2v) is 5.21. The standard InChI is InChI=1S/C15H33NO/c1-5-7-9-11-15(12-10-8-6-2)16-14(3)13-17-4/h14-16H,5-13H2,1-4H3. The topological polar surface area (TPSA) is 21.3 Å². The van der Waals surface area contributed by atoms with E-state index >= 15 is 0 Å². The molecule has 1 unspecified atom stereocenters. The molecule has 0 fully saturated rings. The molecule has 0 aromatic carbocycles. The summed E-state index contributed by atoms with van der Waals surface area (Å²) >= 11 is 0. The van der Waals surface area contributed by atoms with Crippen molar-refractivity contribution in [3.05, 3.63) is 0 Å². The second kappa shape index (κ2) is 12.4. The summed E-state index contributed by atoms with van der Waals surface area (Å²) in [5.74, 6) is 0. The van der Waals surface area contributed by atoms with Gasteiger partial charge in [0, 0.05) is 19.2 Å². The van der Waals surface area contributed by atoms with Crippen molar-refractivity contribution in [1.82, 2.24) is 5.32 Å². The summed E-state index contributed by atoms with van der Waals surface area (Å²) in [7, 11) is 1.78. The van der Waals surface area contributed by atoms with Gasteiger partial charge in [-0.15, -0.1) is 0 Å². The highest BCUT2D eigenvalue weighted by Crippen LogP contribution is 2.11. The SMILES string of the molecule is CCCCCC(CCCCC)NC(C)COC. The number of hydrogen-bond donors (Lipinski definition) is 1. The normalized spacial score (nSPS) is 13.2. The highest BCUT2D eigenvalue weighted by atomic mass is 16.5. The van der Waals surface area contributed by atoms with Crippen LogP contribution in [0.3, 0.4) is 0 Å². The Bertz CT molecular complexity index is 140. The zero-order chi connectivity index (χ0) is 12.9. The van der Waals surface area contributed by atoms with Crippen LogP contribution < -0.4 is 5.32 Å². The largest absolute Gasteiger partial charge is 0.383 e. The molecule has 0 heterocycles. The van der Waals surface area contributed by atoms with Crippen LogP contribution in [0.1, 0.15) is 72.1 Å². The Morgan fingerprint density at radius 1 is 0.941 bits per heavy atom. The minimum atomic E-state index is 0.480. The average Bonchev–Trinajstić information content (AvgIpc) is 2.29. The molecule has 17 heavy (non-hydrogen) atoms. The fourth-order valence-corrected chi connectivity index (χ4v) is 2.29. The van der Waals surface area contributed by atoms with E-state index in [0.29, 0.717) is 12.1 Å². The maximum Gasteiger partial charge on any atom is 0.0613 e. The highest BCUT2D eigenvalue weighted by Gasteiger charge is 2.11. The van der Waals surface area contributed by atoms with Gasteiger partial charge < -0.3 is 10.1 Å². The van der Waals surface area contributed by atoms with Crippen LogP contribution in [0, 0.1) is 0 Å². The van der Waals surface area contributed by atoms with Crippen LogP contribution in [-0.4, -0.2) is 25.8 Å². The van der Waals surface area contributed by atoms with Crippen LogP contribution in [0.4, 0.5) is 0 Å². The predicted octanol–water partition coefficient (Wildman–Crippen LogP) is 4.14. The number of rotatable bonds is 12. The van der Waals surface area contributed by atoms with Crippen LogP contribution in [0.25, 0.3) is 0 Å². The van der Waals surface area contributed by atoms with Gasteiger partial charge in [-0.3, -0.25) is 0 Å². The molecule has 0 aromatic rings. The minimum absolute atomic E-state index is 0.480. The Balaban J connectivity index is 3.82. The average molecular weight is 243 g/mol. The van der Waals surface area contributed by atoms with Crippen molar-refractivity contribution < 1.29 is 4.74 Å². The molecule has 0 aliphatic rings. The first-order valence-electron chi connectivity index (χ1n) is 7.49. The molecule has 1 N–H and O–H groups in total. The first-order valence-corrected chi connectivity index (χ1v) is 7.49. The molecule has 104 valence electrons. The molecule has 1 atom stereocenters. The van der Waals surface area contributed by atoms with Gasteiger partial charge in [0.15, 0.2) is 0 Å². The van der Waals surface area contributed by atoms with Crippen LogP contribution in [0.5, 0.6) is 0 Å². The quantitative estimate of drug-likeness (QED) is 0.520. The van der Waals surface area contributed by atoms with E-state index in [4.69, 9.17) is 4.74 Å². The third kappa shape index (κ3) is 10.8. The molecule has 2 heteroatoms. The van der Waals surface area contributed by atoms with Crippen LogP contribution >= 0.6 is 0 Å². The van der Waals surface area contributed by atoms with Crippen LogP contribution in [0.2, 0.25) is 0 Å². The van der Waals surface area contributed by atoms with Gasteiger partial charge in [-0.2, -0.15) is 0 Å². The van der Waals surface area contributed by atoms with E-state index in [1.165, 1.54) is 51.4 Å². The second-order valence-electron chi connectivity index (χ2n) is 5.21. The van der Waals surface area contributed by atoms with Gasteiger partial charge in [-0.1, -0.05) is 52.4 Å². The van der Waals surface area contributed by atoms with E-state index in [2.05, 4.69) is 26.1 Å². The van der Waals surface area contributed by atoms with Crippen molar-refractivity contribution in [2.45, 2.75) is 84.2 Å².